The molecule has 1 atom stereocenters. The van der Waals surface area contributed by atoms with Gasteiger partial charge in [0.2, 0.25) is 0 Å². The number of nitrogens with zero attached hydrogens (tertiary/aromatic N) is 2. The zero-order valence-electron chi connectivity index (χ0n) is 11.3. The molecule has 1 aliphatic carbocycles. The summed E-state index contributed by atoms with van der Waals surface area (Å²) in [6.07, 6.45) is 6.31. The van der Waals surface area contributed by atoms with E-state index in [-0.39, 0.29) is 6.10 Å². The number of aromatic nitrogens is 2. The Morgan fingerprint density at radius 2 is 2.17 bits per heavy atom. The third-order valence-electron chi connectivity index (χ3n) is 3.95. The van der Waals surface area contributed by atoms with E-state index in [1.165, 1.54) is 19.3 Å². The first-order valence-electron chi connectivity index (χ1n) is 7.07. The fourth-order valence-electron chi connectivity index (χ4n) is 2.63. The third-order valence-corrected chi connectivity index (χ3v) is 4.87. The molecule has 1 heterocycles. The fourth-order valence-corrected chi connectivity index (χ4v) is 3.36. The van der Waals surface area contributed by atoms with Crippen molar-refractivity contribution in [2.75, 3.05) is 0 Å². The van der Waals surface area contributed by atoms with Gasteiger partial charge in [0.1, 0.15) is 0 Å². The summed E-state index contributed by atoms with van der Waals surface area (Å²) < 4.78 is 3.12. The van der Waals surface area contributed by atoms with E-state index in [0.717, 1.165) is 47.6 Å². The van der Waals surface area contributed by atoms with Gasteiger partial charge >= 0.3 is 0 Å². The van der Waals surface area contributed by atoms with Crippen molar-refractivity contribution in [3.05, 3.63) is 15.9 Å². The molecular weight excluding hydrogens is 292 g/mol. The zero-order chi connectivity index (χ0) is 13.1. The highest BCUT2D eigenvalue weighted by Crippen LogP contribution is 2.32. The molecule has 0 aromatic carbocycles. The molecule has 0 bridgehead atoms. The minimum atomic E-state index is -0.224. The van der Waals surface area contributed by atoms with Gasteiger partial charge < -0.3 is 5.11 Å². The second kappa shape index (κ2) is 6.20. The SMILES string of the molecule is CCc1nn(CC)c(CC(O)CC2CCC2)c1Br. The molecular formula is C14H23BrN2O. The summed E-state index contributed by atoms with van der Waals surface area (Å²) in [5.41, 5.74) is 2.25. The molecule has 0 radical (unpaired) electrons. The standard InChI is InChI=1S/C14H23BrN2O/c1-3-12-14(15)13(17(4-2)16-12)9-11(18)8-10-6-5-7-10/h10-11,18H,3-9H2,1-2H3. The average Bonchev–Trinajstić information content (AvgIpc) is 2.61. The Kier molecular flexibility index (Phi) is 4.84. The Labute approximate surface area is 118 Å². The van der Waals surface area contributed by atoms with E-state index in [4.69, 9.17) is 0 Å². The van der Waals surface area contributed by atoms with Crippen molar-refractivity contribution in [1.82, 2.24) is 9.78 Å². The molecule has 1 aliphatic rings. The van der Waals surface area contributed by atoms with Crippen molar-refractivity contribution in [3.63, 3.8) is 0 Å². The molecule has 1 N–H and O–H groups in total. The molecule has 0 amide bonds. The first-order chi connectivity index (χ1) is 8.65. The largest absolute Gasteiger partial charge is 0.393 e. The number of hydrogen-bond donors (Lipinski definition) is 1. The van der Waals surface area contributed by atoms with Crippen LogP contribution in [0.1, 0.15) is 50.9 Å². The van der Waals surface area contributed by atoms with Crippen LogP contribution in [-0.2, 0) is 19.4 Å². The molecule has 1 aromatic heterocycles. The molecule has 0 spiro atoms. The Morgan fingerprint density at radius 1 is 1.44 bits per heavy atom. The monoisotopic (exact) mass is 314 g/mol. The lowest BCUT2D eigenvalue weighted by molar-refractivity contribution is 0.116. The van der Waals surface area contributed by atoms with E-state index in [1.54, 1.807) is 0 Å². The minimum absolute atomic E-state index is 0.224. The number of rotatable bonds is 6. The smallest absolute Gasteiger partial charge is 0.0766 e. The number of aliphatic hydroxyl groups is 1. The molecule has 1 unspecified atom stereocenters. The van der Waals surface area contributed by atoms with Gasteiger partial charge in [-0.05, 0) is 41.6 Å². The fraction of sp³-hybridized carbons (Fsp3) is 0.786. The summed E-state index contributed by atoms with van der Waals surface area (Å²) in [5.74, 6) is 0.752. The molecule has 102 valence electrons. The van der Waals surface area contributed by atoms with Gasteiger partial charge in [-0.25, -0.2) is 0 Å². The second-order valence-corrected chi connectivity index (χ2v) is 6.06. The Bertz CT molecular complexity index is 399. The summed E-state index contributed by atoms with van der Waals surface area (Å²) in [7, 11) is 0. The molecule has 0 aliphatic heterocycles. The maximum absolute atomic E-state index is 10.2. The van der Waals surface area contributed by atoms with Gasteiger partial charge in [0.05, 0.1) is 22.0 Å². The van der Waals surface area contributed by atoms with Crippen LogP contribution in [0.4, 0.5) is 0 Å². The maximum Gasteiger partial charge on any atom is 0.0766 e. The lowest BCUT2D eigenvalue weighted by Gasteiger charge is -2.27. The van der Waals surface area contributed by atoms with Crippen LogP contribution in [0.25, 0.3) is 0 Å². The van der Waals surface area contributed by atoms with E-state index >= 15 is 0 Å². The lowest BCUT2D eigenvalue weighted by atomic mass is 9.81. The molecule has 0 saturated heterocycles. The van der Waals surface area contributed by atoms with Crippen LogP contribution in [0.2, 0.25) is 0 Å². The molecule has 1 aromatic rings. The van der Waals surface area contributed by atoms with Crippen molar-refractivity contribution in [3.8, 4) is 0 Å². The van der Waals surface area contributed by atoms with Crippen LogP contribution < -0.4 is 0 Å². The summed E-state index contributed by atoms with van der Waals surface area (Å²) in [4.78, 5) is 0. The van der Waals surface area contributed by atoms with E-state index in [9.17, 15) is 5.11 Å². The number of hydrogen-bond acceptors (Lipinski definition) is 2. The van der Waals surface area contributed by atoms with E-state index in [0.29, 0.717) is 0 Å². The van der Waals surface area contributed by atoms with Crippen LogP contribution in [0.3, 0.4) is 0 Å². The van der Waals surface area contributed by atoms with Gasteiger partial charge in [0, 0.05) is 13.0 Å². The number of aliphatic hydroxyl groups excluding tert-OH is 1. The van der Waals surface area contributed by atoms with Gasteiger partial charge in [0.25, 0.3) is 0 Å². The predicted molar refractivity (Wildman–Crippen MR) is 76.6 cm³/mol. The van der Waals surface area contributed by atoms with Gasteiger partial charge in [-0.1, -0.05) is 26.2 Å². The minimum Gasteiger partial charge on any atom is -0.393 e. The van der Waals surface area contributed by atoms with Crippen LogP contribution in [0, 0.1) is 5.92 Å². The van der Waals surface area contributed by atoms with Crippen molar-refractivity contribution in [2.45, 2.75) is 65.0 Å². The van der Waals surface area contributed by atoms with E-state index < -0.39 is 0 Å². The van der Waals surface area contributed by atoms with Crippen LogP contribution in [0.15, 0.2) is 4.47 Å². The quantitative estimate of drug-likeness (QED) is 0.874. The molecule has 3 nitrogen and oxygen atoms in total. The maximum atomic E-state index is 10.2. The van der Waals surface area contributed by atoms with Crippen LogP contribution >= 0.6 is 15.9 Å². The average molecular weight is 315 g/mol. The third kappa shape index (κ3) is 2.97. The van der Waals surface area contributed by atoms with Gasteiger partial charge in [-0.3, -0.25) is 4.68 Å². The normalized spacial score (nSPS) is 17.8. The summed E-state index contributed by atoms with van der Waals surface area (Å²) >= 11 is 3.63. The first-order valence-corrected chi connectivity index (χ1v) is 7.87. The number of halogens is 1. The Balaban J connectivity index is 2.04. The first kappa shape index (κ1) is 14.1. The van der Waals surface area contributed by atoms with E-state index in [1.807, 2.05) is 4.68 Å². The predicted octanol–water partition coefficient (Wildman–Crippen LogP) is 3.32. The lowest BCUT2D eigenvalue weighted by Crippen LogP contribution is -2.22. The molecule has 1 fully saturated rings. The van der Waals surface area contributed by atoms with Crippen LogP contribution in [0.5, 0.6) is 0 Å². The molecule has 2 rings (SSSR count). The molecule has 4 heteroatoms. The molecule has 18 heavy (non-hydrogen) atoms. The highest BCUT2D eigenvalue weighted by Gasteiger charge is 2.23. The highest BCUT2D eigenvalue weighted by molar-refractivity contribution is 9.10. The topological polar surface area (TPSA) is 38.0 Å². The summed E-state index contributed by atoms with van der Waals surface area (Å²) in [5, 5.41) is 14.8. The van der Waals surface area contributed by atoms with Crippen molar-refractivity contribution in [2.24, 2.45) is 5.92 Å². The van der Waals surface area contributed by atoms with Gasteiger partial charge in [-0.15, -0.1) is 0 Å². The van der Waals surface area contributed by atoms with Crippen molar-refractivity contribution < 1.29 is 5.11 Å². The van der Waals surface area contributed by atoms with Gasteiger partial charge in [0.15, 0.2) is 0 Å². The molecule has 1 saturated carbocycles. The second-order valence-electron chi connectivity index (χ2n) is 5.27. The summed E-state index contributed by atoms with van der Waals surface area (Å²) in [6.45, 7) is 5.08. The Morgan fingerprint density at radius 3 is 2.67 bits per heavy atom. The summed E-state index contributed by atoms with van der Waals surface area (Å²) in [6, 6.07) is 0. The van der Waals surface area contributed by atoms with Crippen LogP contribution in [-0.4, -0.2) is 21.0 Å². The van der Waals surface area contributed by atoms with Gasteiger partial charge in [-0.2, -0.15) is 5.10 Å². The highest BCUT2D eigenvalue weighted by atomic mass is 79.9. The van der Waals surface area contributed by atoms with Crippen molar-refractivity contribution in [1.29, 1.82) is 0 Å². The Hall–Kier alpha value is -0.350. The zero-order valence-corrected chi connectivity index (χ0v) is 12.9. The van der Waals surface area contributed by atoms with Crippen molar-refractivity contribution >= 4 is 15.9 Å². The number of aryl methyl sites for hydroxylation is 2. The van der Waals surface area contributed by atoms with E-state index in [2.05, 4.69) is 34.9 Å².